The molecule has 2 N–H and O–H groups in total. The van der Waals surface area contributed by atoms with Crippen molar-refractivity contribution in [3.8, 4) is 0 Å². The maximum atomic E-state index is 12.2. The van der Waals surface area contributed by atoms with Crippen LogP contribution >= 0.6 is 0 Å². The largest absolute Gasteiger partial charge is 0.341 e. The molecule has 0 aromatic heterocycles. The van der Waals surface area contributed by atoms with Crippen LogP contribution in [0, 0.1) is 6.92 Å². The fraction of sp³-hybridized carbons (Fsp3) is 0.333. The molecule has 1 unspecified atom stereocenters. The van der Waals surface area contributed by atoms with E-state index >= 15 is 0 Å². The summed E-state index contributed by atoms with van der Waals surface area (Å²) in [6, 6.07) is 13.5. The third-order valence-electron chi connectivity index (χ3n) is 4.74. The summed E-state index contributed by atoms with van der Waals surface area (Å²) in [7, 11) is 0. The zero-order valence-electron chi connectivity index (χ0n) is 14.8. The van der Waals surface area contributed by atoms with Gasteiger partial charge in [0.15, 0.2) is 0 Å². The number of hydrogen-bond donors (Lipinski definition) is 2. The first kappa shape index (κ1) is 17.2. The van der Waals surface area contributed by atoms with Gasteiger partial charge in [0.1, 0.15) is 0 Å². The van der Waals surface area contributed by atoms with Gasteiger partial charge in [0.25, 0.3) is 0 Å². The number of aryl methyl sites for hydroxylation is 3. The Morgan fingerprint density at radius 2 is 1.60 bits per heavy atom. The first-order chi connectivity index (χ1) is 12.0. The summed E-state index contributed by atoms with van der Waals surface area (Å²) in [5.74, 6) is -1.26. The van der Waals surface area contributed by atoms with E-state index in [9.17, 15) is 9.59 Å². The molecule has 0 heterocycles. The number of hydrogen-bond acceptors (Lipinski definition) is 2. The van der Waals surface area contributed by atoms with Gasteiger partial charge in [0.2, 0.25) is 0 Å². The molecule has 2 aromatic rings. The highest BCUT2D eigenvalue weighted by atomic mass is 16.2. The second-order valence-electron chi connectivity index (χ2n) is 6.75. The molecule has 1 atom stereocenters. The summed E-state index contributed by atoms with van der Waals surface area (Å²) in [5.41, 5.74) is 5.53. The molecular formula is C21H24N2O2. The number of rotatable bonds is 3. The number of carbonyl (C=O) groups excluding carboxylic acids is 2. The van der Waals surface area contributed by atoms with Crippen LogP contribution in [0.15, 0.2) is 42.5 Å². The summed E-state index contributed by atoms with van der Waals surface area (Å²) < 4.78 is 0. The molecule has 2 amide bonds. The van der Waals surface area contributed by atoms with Crippen molar-refractivity contribution in [2.24, 2.45) is 0 Å². The third-order valence-corrected chi connectivity index (χ3v) is 4.74. The summed E-state index contributed by atoms with van der Waals surface area (Å²) in [6.45, 7) is 3.88. The van der Waals surface area contributed by atoms with Crippen molar-refractivity contribution in [1.29, 1.82) is 0 Å². The lowest BCUT2D eigenvalue weighted by Gasteiger charge is -2.20. The van der Waals surface area contributed by atoms with Crippen LogP contribution in [0.3, 0.4) is 0 Å². The highest BCUT2D eigenvalue weighted by Gasteiger charge is 2.18. The molecule has 130 valence electrons. The van der Waals surface area contributed by atoms with Gasteiger partial charge < -0.3 is 10.6 Å². The molecule has 0 fully saturated rings. The molecule has 0 saturated heterocycles. The molecule has 0 spiro atoms. The van der Waals surface area contributed by atoms with Crippen LogP contribution in [0.2, 0.25) is 0 Å². The van der Waals surface area contributed by atoms with Crippen LogP contribution in [0.4, 0.5) is 5.69 Å². The Morgan fingerprint density at radius 3 is 2.32 bits per heavy atom. The number of amides is 2. The average molecular weight is 336 g/mol. The average Bonchev–Trinajstić information content (AvgIpc) is 2.63. The van der Waals surface area contributed by atoms with E-state index in [1.807, 2.05) is 32.0 Å². The van der Waals surface area contributed by atoms with Crippen molar-refractivity contribution in [1.82, 2.24) is 5.32 Å². The molecule has 2 aromatic carbocycles. The minimum Gasteiger partial charge on any atom is -0.341 e. The van der Waals surface area contributed by atoms with Gasteiger partial charge in [0.05, 0.1) is 6.04 Å². The fourth-order valence-corrected chi connectivity index (χ4v) is 3.19. The molecule has 1 aliphatic rings. The van der Waals surface area contributed by atoms with E-state index in [0.717, 1.165) is 24.0 Å². The SMILES string of the molecule is Cc1ccc(NC(=O)C(=O)NC(C)c2ccc3c(c2)CCCC3)cc1. The Hall–Kier alpha value is -2.62. The zero-order valence-corrected chi connectivity index (χ0v) is 14.8. The van der Waals surface area contributed by atoms with E-state index in [1.54, 1.807) is 12.1 Å². The predicted octanol–water partition coefficient (Wildman–Crippen LogP) is 3.69. The Morgan fingerprint density at radius 1 is 0.920 bits per heavy atom. The molecule has 1 aliphatic carbocycles. The van der Waals surface area contributed by atoms with Crippen LogP contribution in [-0.2, 0) is 22.4 Å². The first-order valence-corrected chi connectivity index (χ1v) is 8.83. The Bertz CT molecular complexity index is 781. The van der Waals surface area contributed by atoms with Gasteiger partial charge in [0, 0.05) is 5.69 Å². The molecule has 0 bridgehead atoms. The second-order valence-corrected chi connectivity index (χ2v) is 6.75. The molecule has 4 nitrogen and oxygen atoms in total. The van der Waals surface area contributed by atoms with Gasteiger partial charge in [-0.15, -0.1) is 0 Å². The predicted molar refractivity (Wildman–Crippen MR) is 99.5 cm³/mol. The van der Waals surface area contributed by atoms with Crippen molar-refractivity contribution < 1.29 is 9.59 Å². The van der Waals surface area contributed by atoms with Crippen molar-refractivity contribution in [3.63, 3.8) is 0 Å². The monoisotopic (exact) mass is 336 g/mol. The van der Waals surface area contributed by atoms with Crippen LogP contribution in [0.25, 0.3) is 0 Å². The third kappa shape index (κ3) is 4.27. The van der Waals surface area contributed by atoms with Crippen LogP contribution in [0.5, 0.6) is 0 Å². The summed E-state index contributed by atoms with van der Waals surface area (Å²) in [5, 5.41) is 5.41. The maximum absolute atomic E-state index is 12.2. The van der Waals surface area contributed by atoms with E-state index in [-0.39, 0.29) is 6.04 Å². The molecule has 3 rings (SSSR count). The smallest absolute Gasteiger partial charge is 0.313 e. The van der Waals surface area contributed by atoms with Crippen molar-refractivity contribution in [3.05, 3.63) is 64.7 Å². The van der Waals surface area contributed by atoms with Gasteiger partial charge in [-0.2, -0.15) is 0 Å². The summed E-state index contributed by atoms with van der Waals surface area (Å²) in [6.07, 6.45) is 4.70. The lowest BCUT2D eigenvalue weighted by atomic mass is 9.89. The molecule has 4 heteroatoms. The summed E-state index contributed by atoms with van der Waals surface area (Å²) >= 11 is 0. The highest BCUT2D eigenvalue weighted by molar-refractivity contribution is 6.39. The first-order valence-electron chi connectivity index (χ1n) is 8.83. The van der Waals surface area contributed by atoms with Gasteiger partial charge in [-0.3, -0.25) is 9.59 Å². The Kier molecular flexibility index (Phi) is 5.17. The number of benzene rings is 2. The van der Waals surface area contributed by atoms with E-state index < -0.39 is 11.8 Å². The van der Waals surface area contributed by atoms with E-state index in [2.05, 4.69) is 22.8 Å². The second kappa shape index (κ2) is 7.51. The van der Waals surface area contributed by atoms with Gasteiger partial charge >= 0.3 is 11.8 Å². The molecular weight excluding hydrogens is 312 g/mol. The zero-order chi connectivity index (χ0) is 17.8. The number of nitrogens with one attached hydrogen (secondary N) is 2. The van der Waals surface area contributed by atoms with Gasteiger partial charge in [-0.05, 0) is 68.4 Å². The van der Waals surface area contributed by atoms with Gasteiger partial charge in [-0.25, -0.2) is 0 Å². The topological polar surface area (TPSA) is 58.2 Å². The maximum Gasteiger partial charge on any atom is 0.313 e. The Balaban J connectivity index is 1.61. The van der Waals surface area contributed by atoms with Crippen molar-refractivity contribution >= 4 is 17.5 Å². The van der Waals surface area contributed by atoms with Crippen LogP contribution in [-0.4, -0.2) is 11.8 Å². The Labute approximate surface area is 148 Å². The normalized spacial score (nSPS) is 14.3. The van der Waals surface area contributed by atoms with Crippen molar-refractivity contribution in [2.75, 3.05) is 5.32 Å². The van der Waals surface area contributed by atoms with E-state index in [0.29, 0.717) is 5.69 Å². The molecule has 0 radical (unpaired) electrons. The van der Waals surface area contributed by atoms with Crippen LogP contribution in [0.1, 0.15) is 48.1 Å². The molecule has 0 aliphatic heterocycles. The fourth-order valence-electron chi connectivity index (χ4n) is 3.19. The quantitative estimate of drug-likeness (QED) is 0.840. The van der Waals surface area contributed by atoms with Crippen LogP contribution < -0.4 is 10.6 Å². The summed E-state index contributed by atoms with van der Waals surface area (Å²) in [4.78, 5) is 24.2. The minimum atomic E-state index is -0.645. The lowest BCUT2D eigenvalue weighted by Crippen LogP contribution is -2.37. The van der Waals surface area contributed by atoms with Crippen molar-refractivity contribution in [2.45, 2.75) is 45.6 Å². The standard InChI is InChI=1S/C21H24N2O2/c1-14-7-11-19(12-8-14)23-21(25)20(24)22-15(2)17-10-9-16-5-3-4-6-18(16)13-17/h7-13,15H,3-6H2,1-2H3,(H,22,24)(H,23,25). The number of fused-ring (bicyclic) bond motifs is 1. The number of anilines is 1. The minimum absolute atomic E-state index is 0.205. The van der Waals surface area contributed by atoms with E-state index in [1.165, 1.54) is 24.0 Å². The van der Waals surface area contributed by atoms with Gasteiger partial charge in [-0.1, -0.05) is 35.9 Å². The lowest BCUT2D eigenvalue weighted by molar-refractivity contribution is -0.136. The molecule has 25 heavy (non-hydrogen) atoms. The van der Waals surface area contributed by atoms with E-state index in [4.69, 9.17) is 0 Å². The molecule has 0 saturated carbocycles. The highest BCUT2D eigenvalue weighted by Crippen LogP contribution is 2.24. The number of carbonyl (C=O) groups is 2.